The zero-order valence-electron chi connectivity index (χ0n) is 6.63. The van der Waals surface area contributed by atoms with E-state index in [1.807, 2.05) is 0 Å². The van der Waals surface area contributed by atoms with E-state index in [1.165, 1.54) is 0 Å². The van der Waals surface area contributed by atoms with Gasteiger partial charge < -0.3 is 10.1 Å². The van der Waals surface area contributed by atoms with Crippen LogP contribution in [0.25, 0.3) is 0 Å². The predicted molar refractivity (Wildman–Crippen MR) is 40.8 cm³/mol. The molecule has 1 aliphatic rings. The largest absolute Gasteiger partial charge is 0.312 e. The fourth-order valence-corrected chi connectivity index (χ4v) is 1.38. The molecule has 0 spiro atoms. The smallest absolute Gasteiger partial charge is 0.123 e. The molecule has 0 aromatic carbocycles. The summed E-state index contributed by atoms with van der Waals surface area (Å²) in [4.78, 5) is 10.2. The van der Waals surface area contributed by atoms with E-state index in [2.05, 4.69) is 19.2 Å². The van der Waals surface area contributed by atoms with Crippen molar-refractivity contribution in [3.05, 3.63) is 0 Å². The van der Waals surface area contributed by atoms with Crippen LogP contribution in [0.15, 0.2) is 0 Å². The summed E-state index contributed by atoms with van der Waals surface area (Å²) in [6.07, 6.45) is 3.15. The fraction of sp³-hybridized carbons (Fsp3) is 0.875. The Bertz CT molecular complexity index is 116. The summed E-state index contributed by atoms with van der Waals surface area (Å²) in [6, 6.07) is 1.16. The molecule has 2 nitrogen and oxygen atoms in total. The molecule has 0 aromatic rings. The Hall–Kier alpha value is -0.370. The minimum Gasteiger partial charge on any atom is -0.312 e. The predicted octanol–water partition coefficient (Wildman–Crippen LogP) is 0.962. The zero-order chi connectivity index (χ0) is 7.56. The molecule has 1 N–H and O–H groups in total. The van der Waals surface area contributed by atoms with E-state index in [4.69, 9.17) is 0 Å². The third kappa shape index (κ3) is 1.81. The van der Waals surface area contributed by atoms with E-state index >= 15 is 0 Å². The maximum Gasteiger partial charge on any atom is 0.123 e. The van der Waals surface area contributed by atoms with Gasteiger partial charge in [0.15, 0.2) is 0 Å². The van der Waals surface area contributed by atoms with Gasteiger partial charge in [0.1, 0.15) is 6.29 Å². The lowest BCUT2D eigenvalue weighted by molar-refractivity contribution is -0.113. The lowest BCUT2D eigenvalue weighted by Crippen LogP contribution is -2.44. The Labute approximate surface area is 62.0 Å². The molecule has 1 rings (SSSR count). The maximum absolute atomic E-state index is 10.2. The van der Waals surface area contributed by atoms with Crippen LogP contribution in [0.4, 0.5) is 0 Å². The number of rotatable bonds is 3. The highest BCUT2D eigenvalue weighted by Gasteiger charge is 2.28. The normalized spacial score (nSPS) is 31.9. The first-order valence-corrected chi connectivity index (χ1v) is 3.93. The third-order valence-corrected chi connectivity index (χ3v) is 1.94. The lowest BCUT2D eigenvalue weighted by atomic mass is 9.81. The topological polar surface area (TPSA) is 29.1 Å². The number of nitrogens with one attached hydrogen (secondary N) is 1. The van der Waals surface area contributed by atoms with E-state index in [-0.39, 0.29) is 0 Å². The van der Waals surface area contributed by atoms with Crippen LogP contribution in [-0.4, -0.2) is 18.4 Å². The van der Waals surface area contributed by atoms with Gasteiger partial charge in [-0.3, -0.25) is 0 Å². The number of hydrogen-bond donors (Lipinski definition) is 1. The van der Waals surface area contributed by atoms with Crippen LogP contribution in [0, 0.1) is 5.92 Å². The molecule has 0 atom stereocenters. The molecule has 0 radical (unpaired) electrons. The maximum atomic E-state index is 10.2. The first-order chi connectivity index (χ1) is 4.72. The number of carbonyl (C=O) groups is 1. The van der Waals surface area contributed by atoms with Crippen LogP contribution in [0.2, 0.25) is 0 Å². The van der Waals surface area contributed by atoms with Crippen molar-refractivity contribution >= 4 is 6.29 Å². The quantitative estimate of drug-likeness (QED) is 0.593. The van der Waals surface area contributed by atoms with E-state index < -0.39 is 0 Å². The van der Waals surface area contributed by atoms with Gasteiger partial charge >= 0.3 is 0 Å². The zero-order valence-corrected chi connectivity index (χ0v) is 6.63. The monoisotopic (exact) mass is 141 g/mol. The van der Waals surface area contributed by atoms with Crippen LogP contribution in [-0.2, 0) is 4.79 Å². The van der Waals surface area contributed by atoms with Gasteiger partial charge in [0, 0.05) is 18.0 Å². The molecule has 0 saturated heterocycles. The summed E-state index contributed by atoms with van der Waals surface area (Å²) in [5.74, 6) is 0.344. The van der Waals surface area contributed by atoms with Crippen molar-refractivity contribution in [1.82, 2.24) is 5.32 Å². The van der Waals surface area contributed by atoms with E-state index in [0.717, 1.165) is 19.1 Å². The first-order valence-electron chi connectivity index (χ1n) is 3.93. The van der Waals surface area contributed by atoms with Crippen LogP contribution < -0.4 is 5.32 Å². The molecule has 0 heterocycles. The van der Waals surface area contributed by atoms with Gasteiger partial charge in [-0.1, -0.05) is 13.8 Å². The van der Waals surface area contributed by atoms with Gasteiger partial charge in [0.2, 0.25) is 0 Å². The number of hydrogen-bond acceptors (Lipinski definition) is 2. The van der Waals surface area contributed by atoms with Gasteiger partial charge in [-0.05, 0) is 12.8 Å². The van der Waals surface area contributed by atoms with Gasteiger partial charge in [-0.25, -0.2) is 0 Å². The summed E-state index contributed by atoms with van der Waals surface area (Å²) < 4.78 is 0. The van der Waals surface area contributed by atoms with Crippen molar-refractivity contribution in [1.29, 1.82) is 0 Å². The highest BCUT2D eigenvalue weighted by atomic mass is 16.1. The molecular weight excluding hydrogens is 126 g/mol. The van der Waals surface area contributed by atoms with Crippen molar-refractivity contribution in [2.75, 3.05) is 0 Å². The third-order valence-electron chi connectivity index (χ3n) is 1.94. The van der Waals surface area contributed by atoms with E-state index in [0.29, 0.717) is 18.0 Å². The second-order valence-electron chi connectivity index (χ2n) is 3.39. The second kappa shape index (κ2) is 3.15. The van der Waals surface area contributed by atoms with Crippen molar-refractivity contribution in [2.24, 2.45) is 5.92 Å². The standard InChI is InChI=1S/C8H15NO/c1-6(2)9-8-3-7(4-8)5-10/h5-9H,3-4H2,1-2H3. The molecule has 10 heavy (non-hydrogen) atoms. The van der Waals surface area contributed by atoms with E-state index in [9.17, 15) is 4.79 Å². The van der Waals surface area contributed by atoms with Gasteiger partial charge in [0.25, 0.3) is 0 Å². The Morgan fingerprint density at radius 3 is 2.50 bits per heavy atom. The summed E-state index contributed by atoms with van der Waals surface area (Å²) in [5, 5.41) is 3.38. The van der Waals surface area contributed by atoms with E-state index in [1.54, 1.807) is 0 Å². The van der Waals surface area contributed by atoms with Gasteiger partial charge in [0.05, 0.1) is 0 Å². The van der Waals surface area contributed by atoms with Crippen molar-refractivity contribution in [3.63, 3.8) is 0 Å². The average molecular weight is 141 g/mol. The number of aldehydes is 1. The highest BCUT2D eigenvalue weighted by Crippen LogP contribution is 2.25. The Balaban J connectivity index is 2.08. The Morgan fingerprint density at radius 1 is 1.50 bits per heavy atom. The van der Waals surface area contributed by atoms with Gasteiger partial charge in [-0.15, -0.1) is 0 Å². The second-order valence-corrected chi connectivity index (χ2v) is 3.39. The molecule has 0 bridgehead atoms. The lowest BCUT2D eigenvalue weighted by Gasteiger charge is -2.33. The fourth-order valence-electron chi connectivity index (χ4n) is 1.38. The molecule has 0 unspecified atom stereocenters. The first kappa shape index (κ1) is 7.73. The number of carbonyl (C=O) groups excluding carboxylic acids is 1. The van der Waals surface area contributed by atoms with Crippen molar-refractivity contribution in [2.45, 2.75) is 38.8 Å². The SMILES string of the molecule is CC(C)NC1CC(C=O)C1. The molecular formula is C8H15NO. The van der Waals surface area contributed by atoms with Crippen LogP contribution in [0.3, 0.4) is 0 Å². The minimum absolute atomic E-state index is 0.344. The Kier molecular flexibility index (Phi) is 2.44. The molecule has 1 fully saturated rings. The molecule has 0 aliphatic heterocycles. The molecule has 1 saturated carbocycles. The van der Waals surface area contributed by atoms with Crippen LogP contribution in [0.5, 0.6) is 0 Å². The molecule has 0 aromatic heterocycles. The van der Waals surface area contributed by atoms with Crippen LogP contribution >= 0.6 is 0 Å². The summed E-state index contributed by atoms with van der Waals surface area (Å²) in [7, 11) is 0. The molecule has 0 amide bonds. The Morgan fingerprint density at radius 2 is 2.10 bits per heavy atom. The summed E-state index contributed by atoms with van der Waals surface area (Å²) in [5.41, 5.74) is 0. The van der Waals surface area contributed by atoms with Gasteiger partial charge in [-0.2, -0.15) is 0 Å². The molecule has 2 heteroatoms. The van der Waals surface area contributed by atoms with Crippen molar-refractivity contribution in [3.8, 4) is 0 Å². The average Bonchev–Trinajstić information content (AvgIpc) is 1.76. The minimum atomic E-state index is 0.344. The highest BCUT2D eigenvalue weighted by molar-refractivity contribution is 5.55. The summed E-state index contributed by atoms with van der Waals surface area (Å²) >= 11 is 0. The van der Waals surface area contributed by atoms with Crippen molar-refractivity contribution < 1.29 is 4.79 Å². The molecule has 58 valence electrons. The van der Waals surface area contributed by atoms with Crippen LogP contribution in [0.1, 0.15) is 26.7 Å². The molecule has 1 aliphatic carbocycles. The summed E-state index contributed by atoms with van der Waals surface area (Å²) in [6.45, 7) is 4.27.